The third-order valence-corrected chi connectivity index (χ3v) is 3.78. The Bertz CT molecular complexity index is 336. The predicted octanol–water partition coefficient (Wildman–Crippen LogP) is 3.23. The zero-order chi connectivity index (χ0) is 11.4. The van der Waals surface area contributed by atoms with Gasteiger partial charge in [-0.3, -0.25) is 0 Å². The van der Waals surface area contributed by atoms with Gasteiger partial charge in [0.1, 0.15) is 0 Å². The molecular formula is C10H15BrN2S2. The fraction of sp³-hybridized carbons (Fsp3) is 0.500. The minimum atomic E-state index is 0.383. The first-order chi connectivity index (χ1) is 6.99. The average Bonchev–Trinajstić information content (AvgIpc) is 2.50. The van der Waals surface area contributed by atoms with Crippen molar-refractivity contribution < 1.29 is 0 Å². The van der Waals surface area contributed by atoms with Crippen LogP contribution in [0.15, 0.2) is 15.2 Å². The van der Waals surface area contributed by atoms with Crippen molar-refractivity contribution in [3.05, 3.63) is 20.8 Å². The number of nitrogens with one attached hydrogen (secondary N) is 1. The highest BCUT2D eigenvalue weighted by Crippen LogP contribution is 2.21. The maximum atomic E-state index is 5.27. The first-order valence-electron chi connectivity index (χ1n) is 4.73. The van der Waals surface area contributed by atoms with E-state index in [4.69, 9.17) is 12.2 Å². The van der Waals surface area contributed by atoms with E-state index in [-0.39, 0.29) is 0 Å². The van der Waals surface area contributed by atoms with Crippen LogP contribution in [-0.2, 0) is 6.54 Å². The summed E-state index contributed by atoms with van der Waals surface area (Å²) in [6.45, 7) is 5.02. The lowest BCUT2D eigenvalue weighted by Gasteiger charge is -2.22. The molecule has 0 aliphatic carbocycles. The van der Waals surface area contributed by atoms with Crippen LogP contribution in [0.1, 0.15) is 19.4 Å². The minimum Gasteiger partial charge on any atom is -0.360 e. The molecule has 0 saturated heterocycles. The second-order valence-electron chi connectivity index (χ2n) is 3.72. The van der Waals surface area contributed by atoms with Crippen molar-refractivity contribution in [3.63, 3.8) is 0 Å². The maximum Gasteiger partial charge on any atom is 0.169 e. The van der Waals surface area contributed by atoms with Gasteiger partial charge in [-0.25, -0.2) is 0 Å². The second kappa shape index (κ2) is 5.82. The zero-order valence-corrected chi connectivity index (χ0v) is 12.3. The van der Waals surface area contributed by atoms with Crippen LogP contribution in [0.5, 0.6) is 0 Å². The fourth-order valence-electron chi connectivity index (χ4n) is 1.13. The van der Waals surface area contributed by atoms with Crippen LogP contribution in [0.3, 0.4) is 0 Å². The Morgan fingerprint density at radius 2 is 2.33 bits per heavy atom. The zero-order valence-electron chi connectivity index (χ0n) is 9.08. The first kappa shape index (κ1) is 12.9. The van der Waals surface area contributed by atoms with Crippen molar-refractivity contribution in [1.29, 1.82) is 0 Å². The van der Waals surface area contributed by atoms with E-state index in [0.29, 0.717) is 6.04 Å². The smallest absolute Gasteiger partial charge is 0.169 e. The van der Waals surface area contributed by atoms with Crippen LogP contribution in [0.2, 0.25) is 0 Å². The van der Waals surface area contributed by atoms with Gasteiger partial charge in [0, 0.05) is 19.6 Å². The summed E-state index contributed by atoms with van der Waals surface area (Å²) in [5, 5.41) is 6.15. The van der Waals surface area contributed by atoms with Crippen LogP contribution >= 0.6 is 39.5 Å². The largest absolute Gasteiger partial charge is 0.360 e. The van der Waals surface area contributed by atoms with Crippen molar-refractivity contribution in [2.45, 2.75) is 26.4 Å². The maximum absolute atomic E-state index is 5.27. The Morgan fingerprint density at radius 3 is 2.80 bits per heavy atom. The molecule has 0 fully saturated rings. The van der Waals surface area contributed by atoms with Gasteiger partial charge in [0.05, 0.1) is 3.79 Å². The van der Waals surface area contributed by atoms with Gasteiger partial charge in [-0.05, 0) is 59.0 Å². The predicted molar refractivity (Wildman–Crippen MR) is 74.4 cm³/mol. The summed E-state index contributed by atoms with van der Waals surface area (Å²) in [4.78, 5) is 2.05. The van der Waals surface area contributed by atoms with Gasteiger partial charge in [0.25, 0.3) is 0 Å². The van der Waals surface area contributed by atoms with Crippen molar-refractivity contribution in [3.8, 4) is 0 Å². The summed E-state index contributed by atoms with van der Waals surface area (Å²) in [5.74, 6) is 0. The molecule has 1 N–H and O–H groups in total. The van der Waals surface area contributed by atoms with E-state index in [1.165, 1.54) is 5.56 Å². The molecule has 0 atom stereocenters. The Balaban J connectivity index is 2.48. The van der Waals surface area contributed by atoms with Gasteiger partial charge >= 0.3 is 0 Å². The van der Waals surface area contributed by atoms with Gasteiger partial charge in [-0.2, -0.15) is 0 Å². The molecule has 0 unspecified atom stereocenters. The first-order valence-corrected chi connectivity index (χ1v) is 6.81. The topological polar surface area (TPSA) is 15.3 Å². The normalized spacial score (nSPS) is 10.5. The molecule has 0 amide bonds. The van der Waals surface area contributed by atoms with Crippen molar-refractivity contribution in [2.75, 3.05) is 7.05 Å². The lowest BCUT2D eigenvalue weighted by molar-refractivity contribution is 0.481. The van der Waals surface area contributed by atoms with E-state index in [0.717, 1.165) is 15.4 Å². The number of rotatable bonds is 3. The van der Waals surface area contributed by atoms with E-state index >= 15 is 0 Å². The third-order valence-electron chi connectivity index (χ3n) is 1.80. The molecular weight excluding hydrogens is 292 g/mol. The Hall–Kier alpha value is -0.130. The van der Waals surface area contributed by atoms with Crippen molar-refractivity contribution in [1.82, 2.24) is 10.2 Å². The molecule has 1 heterocycles. The summed E-state index contributed by atoms with van der Waals surface area (Å²) in [5.41, 5.74) is 1.28. The van der Waals surface area contributed by atoms with Crippen LogP contribution in [0.4, 0.5) is 0 Å². The molecule has 2 nitrogen and oxygen atoms in total. The third kappa shape index (κ3) is 4.49. The number of hydrogen-bond donors (Lipinski definition) is 1. The van der Waals surface area contributed by atoms with Crippen LogP contribution in [0, 0.1) is 0 Å². The van der Waals surface area contributed by atoms with E-state index in [1.54, 1.807) is 11.3 Å². The number of thiocarbonyl (C=S) groups is 1. The highest BCUT2D eigenvalue weighted by Gasteiger charge is 2.07. The fourth-order valence-corrected chi connectivity index (χ4v) is 2.63. The minimum absolute atomic E-state index is 0.383. The SMILES string of the molecule is CC(C)NC(=S)N(C)Cc1csc(Br)c1. The molecule has 0 aliphatic heterocycles. The number of thiophene rings is 1. The van der Waals surface area contributed by atoms with Crippen LogP contribution in [0.25, 0.3) is 0 Å². The highest BCUT2D eigenvalue weighted by molar-refractivity contribution is 9.11. The van der Waals surface area contributed by atoms with Gasteiger partial charge in [0.2, 0.25) is 0 Å². The van der Waals surface area contributed by atoms with Crippen molar-refractivity contribution >= 4 is 44.6 Å². The molecule has 84 valence electrons. The molecule has 1 rings (SSSR count). The summed E-state index contributed by atoms with van der Waals surface area (Å²) in [6, 6.07) is 2.51. The number of nitrogens with zero attached hydrogens (tertiary/aromatic N) is 1. The van der Waals surface area contributed by atoms with Crippen LogP contribution in [-0.4, -0.2) is 23.1 Å². The molecule has 0 aliphatic rings. The van der Waals surface area contributed by atoms with Crippen LogP contribution < -0.4 is 5.32 Å². The van der Waals surface area contributed by atoms with Gasteiger partial charge in [-0.15, -0.1) is 11.3 Å². The molecule has 0 bridgehead atoms. The summed E-state index contributed by atoms with van der Waals surface area (Å²) in [7, 11) is 2.00. The molecule has 0 saturated carbocycles. The van der Waals surface area contributed by atoms with E-state index < -0.39 is 0 Å². The molecule has 15 heavy (non-hydrogen) atoms. The lowest BCUT2D eigenvalue weighted by Crippen LogP contribution is -2.40. The lowest BCUT2D eigenvalue weighted by atomic mass is 10.3. The quantitative estimate of drug-likeness (QED) is 0.863. The van der Waals surface area contributed by atoms with Gasteiger partial charge in [0.15, 0.2) is 5.11 Å². The number of halogens is 1. The van der Waals surface area contributed by atoms with E-state index in [9.17, 15) is 0 Å². The molecule has 0 radical (unpaired) electrons. The van der Waals surface area contributed by atoms with Gasteiger partial charge in [-0.1, -0.05) is 0 Å². The van der Waals surface area contributed by atoms with E-state index in [1.807, 2.05) is 11.9 Å². The highest BCUT2D eigenvalue weighted by atomic mass is 79.9. The van der Waals surface area contributed by atoms with Crippen molar-refractivity contribution in [2.24, 2.45) is 0 Å². The number of hydrogen-bond acceptors (Lipinski definition) is 2. The van der Waals surface area contributed by atoms with E-state index in [2.05, 4.69) is 46.5 Å². The summed E-state index contributed by atoms with van der Waals surface area (Å²) >= 11 is 10.4. The summed E-state index contributed by atoms with van der Waals surface area (Å²) in [6.07, 6.45) is 0. The average molecular weight is 307 g/mol. The van der Waals surface area contributed by atoms with Gasteiger partial charge < -0.3 is 10.2 Å². The molecule has 1 aromatic rings. The molecule has 5 heteroatoms. The Kier molecular flexibility index (Phi) is 5.02. The Morgan fingerprint density at radius 1 is 1.67 bits per heavy atom. The monoisotopic (exact) mass is 306 g/mol. The molecule has 0 aromatic carbocycles. The second-order valence-corrected chi connectivity index (χ2v) is 6.40. The standard InChI is InChI=1S/C10H15BrN2S2/c1-7(2)12-10(14)13(3)5-8-4-9(11)15-6-8/h4,6-7H,5H2,1-3H3,(H,12,14). The summed E-state index contributed by atoms with van der Waals surface area (Å²) < 4.78 is 1.16. The molecule has 1 aromatic heterocycles. The molecule has 0 spiro atoms. The Labute approximate surface area is 109 Å².